The summed E-state index contributed by atoms with van der Waals surface area (Å²) in [4.78, 5) is 0. The van der Waals surface area contributed by atoms with Crippen molar-refractivity contribution in [2.45, 2.75) is 6.04 Å². The summed E-state index contributed by atoms with van der Waals surface area (Å²) in [6, 6.07) is 4.24. The van der Waals surface area contributed by atoms with Gasteiger partial charge in [0.15, 0.2) is 0 Å². The number of halogens is 2. The van der Waals surface area contributed by atoms with Crippen LogP contribution in [0.3, 0.4) is 0 Å². The Bertz CT molecular complexity index is 289. The average molecular weight is 204 g/mol. The third-order valence-corrected chi connectivity index (χ3v) is 2.18. The van der Waals surface area contributed by atoms with Crippen molar-refractivity contribution in [3.63, 3.8) is 0 Å². The fourth-order valence-corrected chi connectivity index (χ4v) is 1.21. The van der Waals surface area contributed by atoms with E-state index in [0.717, 1.165) is 0 Å². The largest absolute Gasteiger partial charge is 0.394 e. The second kappa shape index (κ2) is 4.56. The normalized spacial score (nSPS) is 12.9. The van der Waals surface area contributed by atoms with Crippen LogP contribution < -0.4 is 5.32 Å². The molecule has 0 fully saturated rings. The standard InChI is InChI=1S/C9H11ClFNO/c1-12-9(5-13)6-2-3-7(10)8(11)4-6/h2-4,9,12-13H,5H2,1H3/t9-/m0/s1. The highest BCUT2D eigenvalue weighted by Crippen LogP contribution is 2.19. The van der Waals surface area contributed by atoms with E-state index in [9.17, 15) is 4.39 Å². The molecule has 0 amide bonds. The number of aliphatic hydroxyl groups excluding tert-OH is 1. The predicted octanol–water partition coefficient (Wildman–Crippen LogP) is 1.73. The lowest BCUT2D eigenvalue weighted by Crippen LogP contribution is -2.19. The molecule has 72 valence electrons. The zero-order valence-corrected chi connectivity index (χ0v) is 7.98. The number of likely N-dealkylation sites (N-methyl/N-ethyl adjacent to an activating group) is 1. The highest BCUT2D eigenvalue weighted by molar-refractivity contribution is 6.30. The third-order valence-electron chi connectivity index (χ3n) is 1.88. The minimum absolute atomic E-state index is 0.0719. The number of hydrogen-bond acceptors (Lipinski definition) is 2. The quantitative estimate of drug-likeness (QED) is 0.784. The highest BCUT2D eigenvalue weighted by atomic mass is 35.5. The van der Waals surface area contributed by atoms with Crippen molar-refractivity contribution in [2.24, 2.45) is 0 Å². The average Bonchev–Trinajstić information content (AvgIpc) is 2.13. The highest BCUT2D eigenvalue weighted by Gasteiger charge is 2.09. The fraction of sp³-hybridized carbons (Fsp3) is 0.333. The lowest BCUT2D eigenvalue weighted by atomic mass is 10.1. The Labute approximate surface area is 81.3 Å². The molecule has 1 aromatic carbocycles. The number of aliphatic hydroxyl groups is 1. The number of benzene rings is 1. The maximum atomic E-state index is 13.0. The van der Waals surface area contributed by atoms with Gasteiger partial charge in [-0.3, -0.25) is 0 Å². The number of rotatable bonds is 3. The van der Waals surface area contributed by atoms with Gasteiger partial charge >= 0.3 is 0 Å². The van der Waals surface area contributed by atoms with Gasteiger partial charge in [0.2, 0.25) is 0 Å². The van der Waals surface area contributed by atoms with Gasteiger partial charge in [-0.05, 0) is 24.7 Å². The first-order chi connectivity index (χ1) is 6.19. The molecular weight excluding hydrogens is 193 g/mol. The Balaban J connectivity index is 2.95. The van der Waals surface area contributed by atoms with Gasteiger partial charge < -0.3 is 10.4 Å². The van der Waals surface area contributed by atoms with Crippen LogP contribution in [-0.4, -0.2) is 18.8 Å². The van der Waals surface area contributed by atoms with Crippen molar-refractivity contribution in [1.82, 2.24) is 5.32 Å². The van der Waals surface area contributed by atoms with E-state index < -0.39 is 5.82 Å². The van der Waals surface area contributed by atoms with Crippen LogP contribution in [0, 0.1) is 5.82 Å². The van der Waals surface area contributed by atoms with Crippen LogP contribution in [0.5, 0.6) is 0 Å². The molecule has 1 atom stereocenters. The summed E-state index contributed by atoms with van der Waals surface area (Å²) in [6.45, 7) is -0.0719. The Morgan fingerprint density at radius 1 is 1.62 bits per heavy atom. The molecule has 0 aromatic heterocycles. The summed E-state index contributed by atoms with van der Waals surface area (Å²) in [6.07, 6.45) is 0. The van der Waals surface area contributed by atoms with Gasteiger partial charge in [0, 0.05) is 0 Å². The molecule has 0 aliphatic carbocycles. The lowest BCUT2D eigenvalue weighted by Gasteiger charge is -2.13. The lowest BCUT2D eigenvalue weighted by molar-refractivity contribution is 0.250. The summed E-state index contributed by atoms with van der Waals surface area (Å²) in [5, 5.41) is 11.9. The van der Waals surface area contributed by atoms with E-state index in [1.54, 1.807) is 13.1 Å². The first-order valence-corrected chi connectivity index (χ1v) is 4.30. The van der Waals surface area contributed by atoms with E-state index in [1.165, 1.54) is 12.1 Å². The van der Waals surface area contributed by atoms with E-state index in [4.69, 9.17) is 16.7 Å². The molecule has 2 nitrogen and oxygen atoms in total. The molecule has 2 N–H and O–H groups in total. The third kappa shape index (κ3) is 2.40. The second-order valence-electron chi connectivity index (χ2n) is 2.70. The van der Waals surface area contributed by atoms with Crippen molar-refractivity contribution < 1.29 is 9.50 Å². The fourth-order valence-electron chi connectivity index (χ4n) is 1.09. The van der Waals surface area contributed by atoms with Crippen molar-refractivity contribution in [3.05, 3.63) is 34.6 Å². The van der Waals surface area contributed by atoms with Gasteiger partial charge in [0.25, 0.3) is 0 Å². The Morgan fingerprint density at radius 3 is 2.77 bits per heavy atom. The molecular formula is C9H11ClFNO. The van der Waals surface area contributed by atoms with Gasteiger partial charge in [0.05, 0.1) is 17.7 Å². The summed E-state index contributed by atoms with van der Waals surface area (Å²) >= 11 is 5.51. The van der Waals surface area contributed by atoms with E-state index in [0.29, 0.717) is 5.56 Å². The zero-order chi connectivity index (χ0) is 9.84. The van der Waals surface area contributed by atoms with Crippen LogP contribution in [-0.2, 0) is 0 Å². The molecule has 13 heavy (non-hydrogen) atoms. The molecule has 4 heteroatoms. The number of nitrogens with one attached hydrogen (secondary N) is 1. The molecule has 0 unspecified atom stereocenters. The minimum Gasteiger partial charge on any atom is -0.394 e. The summed E-state index contributed by atoms with van der Waals surface area (Å²) in [7, 11) is 1.70. The molecule has 1 rings (SSSR count). The Hall–Kier alpha value is -0.640. The first kappa shape index (κ1) is 10.4. The molecule has 0 saturated heterocycles. The number of hydrogen-bond donors (Lipinski definition) is 2. The van der Waals surface area contributed by atoms with E-state index in [1.807, 2.05) is 0 Å². The van der Waals surface area contributed by atoms with Crippen LogP contribution in [0.4, 0.5) is 4.39 Å². The van der Waals surface area contributed by atoms with Gasteiger partial charge in [-0.15, -0.1) is 0 Å². The summed E-state index contributed by atoms with van der Waals surface area (Å²) in [5.74, 6) is -0.465. The van der Waals surface area contributed by atoms with Crippen LogP contribution >= 0.6 is 11.6 Å². The van der Waals surface area contributed by atoms with Crippen molar-refractivity contribution in [3.8, 4) is 0 Å². The smallest absolute Gasteiger partial charge is 0.142 e. The molecule has 0 aliphatic rings. The Morgan fingerprint density at radius 2 is 2.31 bits per heavy atom. The zero-order valence-electron chi connectivity index (χ0n) is 7.22. The van der Waals surface area contributed by atoms with Gasteiger partial charge in [-0.2, -0.15) is 0 Å². The van der Waals surface area contributed by atoms with Crippen molar-refractivity contribution >= 4 is 11.6 Å². The van der Waals surface area contributed by atoms with Crippen LogP contribution in [0.15, 0.2) is 18.2 Å². The maximum absolute atomic E-state index is 13.0. The molecule has 0 radical (unpaired) electrons. The summed E-state index contributed by atoms with van der Waals surface area (Å²) < 4.78 is 13.0. The minimum atomic E-state index is -0.465. The monoisotopic (exact) mass is 203 g/mol. The molecule has 0 aliphatic heterocycles. The molecule has 0 spiro atoms. The maximum Gasteiger partial charge on any atom is 0.142 e. The van der Waals surface area contributed by atoms with Crippen LogP contribution in [0.25, 0.3) is 0 Å². The predicted molar refractivity (Wildman–Crippen MR) is 50.3 cm³/mol. The molecule has 1 aromatic rings. The van der Waals surface area contributed by atoms with Gasteiger partial charge in [0.1, 0.15) is 5.82 Å². The molecule has 0 heterocycles. The topological polar surface area (TPSA) is 32.3 Å². The van der Waals surface area contributed by atoms with Gasteiger partial charge in [-0.1, -0.05) is 17.7 Å². The molecule has 0 saturated carbocycles. The van der Waals surface area contributed by atoms with Crippen LogP contribution in [0.2, 0.25) is 5.02 Å². The first-order valence-electron chi connectivity index (χ1n) is 3.92. The SMILES string of the molecule is CN[C@@H](CO)c1ccc(Cl)c(F)c1. The molecule has 0 bridgehead atoms. The van der Waals surface area contributed by atoms with E-state index >= 15 is 0 Å². The summed E-state index contributed by atoms with van der Waals surface area (Å²) in [5.41, 5.74) is 0.687. The Kier molecular flexibility index (Phi) is 3.66. The van der Waals surface area contributed by atoms with Gasteiger partial charge in [-0.25, -0.2) is 4.39 Å². The van der Waals surface area contributed by atoms with E-state index in [2.05, 4.69) is 5.32 Å². The van der Waals surface area contributed by atoms with E-state index in [-0.39, 0.29) is 17.7 Å². The second-order valence-corrected chi connectivity index (χ2v) is 3.10. The van der Waals surface area contributed by atoms with Crippen molar-refractivity contribution in [2.75, 3.05) is 13.7 Å². The van der Waals surface area contributed by atoms with Crippen molar-refractivity contribution in [1.29, 1.82) is 0 Å². The van der Waals surface area contributed by atoms with Crippen LogP contribution in [0.1, 0.15) is 11.6 Å².